The SMILES string of the molecule is CC(=O)N[C@H]1CO[C@H](CCOC(C)=O)[C@H](OC(C)=O)[C@@H]1OC(C)=O. The lowest BCUT2D eigenvalue weighted by Crippen LogP contribution is -2.61. The fourth-order valence-electron chi connectivity index (χ4n) is 2.48. The average Bonchev–Trinajstić information content (AvgIpc) is 2.42. The van der Waals surface area contributed by atoms with Crippen LogP contribution in [-0.2, 0) is 38.1 Å². The number of rotatable bonds is 6. The highest BCUT2D eigenvalue weighted by atomic mass is 16.6. The average molecular weight is 345 g/mol. The summed E-state index contributed by atoms with van der Waals surface area (Å²) < 4.78 is 21.0. The van der Waals surface area contributed by atoms with Gasteiger partial charge < -0.3 is 24.3 Å². The van der Waals surface area contributed by atoms with E-state index in [2.05, 4.69) is 5.32 Å². The number of esters is 3. The van der Waals surface area contributed by atoms with Crippen LogP contribution in [0.1, 0.15) is 34.1 Å². The molecule has 24 heavy (non-hydrogen) atoms. The summed E-state index contributed by atoms with van der Waals surface area (Å²) in [4.78, 5) is 45.0. The third-order valence-corrected chi connectivity index (χ3v) is 3.28. The highest BCUT2D eigenvalue weighted by Gasteiger charge is 2.45. The molecule has 9 nitrogen and oxygen atoms in total. The second-order valence-electron chi connectivity index (χ2n) is 5.46. The molecule has 1 saturated heterocycles. The number of hydrogen-bond acceptors (Lipinski definition) is 8. The molecule has 0 aromatic heterocycles. The molecule has 1 aliphatic rings. The summed E-state index contributed by atoms with van der Waals surface area (Å²) in [6, 6.07) is -0.652. The van der Waals surface area contributed by atoms with E-state index in [-0.39, 0.29) is 25.5 Å². The molecule has 0 aromatic carbocycles. The van der Waals surface area contributed by atoms with E-state index in [0.717, 1.165) is 0 Å². The number of amides is 1. The van der Waals surface area contributed by atoms with Crippen molar-refractivity contribution in [3.63, 3.8) is 0 Å². The van der Waals surface area contributed by atoms with Crippen LogP contribution in [0.4, 0.5) is 0 Å². The van der Waals surface area contributed by atoms with Crippen molar-refractivity contribution in [2.24, 2.45) is 0 Å². The van der Waals surface area contributed by atoms with Crippen molar-refractivity contribution >= 4 is 23.8 Å². The first-order valence-electron chi connectivity index (χ1n) is 7.57. The Bertz CT molecular complexity index is 492. The number of hydrogen-bond donors (Lipinski definition) is 1. The van der Waals surface area contributed by atoms with Gasteiger partial charge in [0.2, 0.25) is 5.91 Å². The van der Waals surface area contributed by atoms with Crippen LogP contribution in [-0.4, -0.2) is 61.4 Å². The Kier molecular flexibility index (Phi) is 7.63. The second kappa shape index (κ2) is 9.21. The van der Waals surface area contributed by atoms with Gasteiger partial charge in [0, 0.05) is 34.1 Å². The van der Waals surface area contributed by atoms with E-state index < -0.39 is 42.3 Å². The van der Waals surface area contributed by atoms with Gasteiger partial charge in [-0.25, -0.2) is 0 Å². The maximum atomic E-state index is 11.4. The maximum absolute atomic E-state index is 11.4. The molecule has 1 amide bonds. The molecule has 0 spiro atoms. The smallest absolute Gasteiger partial charge is 0.303 e. The molecule has 0 radical (unpaired) electrons. The van der Waals surface area contributed by atoms with Gasteiger partial charge in [0.15, 0.2) is 12.2 Å². The first-order valence-corrected chi connectivity index (χ1v) is 7.57. The molecule has 4 atom stereocenters. The molecule has 0 saturated carbocycles. The summed E-state index contributed by atoms with van der Waals surface area (Å²) >= 11 is 0. The molecule has 136 valence electrons. The van der Waals surface area contributed by atoms with Crippen molar-refractivity contribution in [1.29, 1.82) is 0 Å². The van der Waals surface area contributed by atoms with E-state index in [9.17, 15) is 19.2 Å². The van der Waals surface area contributed by atoms with Crippen LogP contribution in [0, 0.1) is 0 Å². The molecule has 1 aliphatic heterocycles. The number of nitrogens with one attached hydrogen (secondary N) is 1. The van der Waals surface area contributed by atoms with Gasteiger partial charge in [-0.2, -0.15) is 0 Å². The molecule has 0 aliphatic carbocycles. The largest absolute Gasteiger partial charge is 0.466 e. The van der Waals surface area contributed by atoms with Gasteiger partial charge in [-0.1, -0.05) is 0 Å². The van der Waals surface area contributed by atoms with Crippen LogP contribution in [0.25, 0.3) is 0 Å². The molecule has 1 heterocycles. The van der Waals surface area contributed by atoms with Gasteiger partial charge in [0.1, 0.15) is 6.10 Å². The van der Waals surface area contributed by atoms with Crippen molar-refractivity contribution in [2.45, 2.75) is 58.5 Å². The quantitative estimate of drug-likeness (QED) is 0.515. The summed E-state index contributed by atoms with van der Waals surface area (Å²) in [5.74, 6) is -1.93. The van der Waals surface area contributed by atoms with Crippen molar-refractivity contribution in [3.05, 3.63) is 0 Å². The number of carbonyl (C=O) groups is 4. The molecular weight excluding hydrogens is 322 g/mol. The molecule has 0 aromatic rings. The van der Waals surface area contributed by atoms with Crippen molar-refractivity contribution in [3.8, 4) is 0 Å². The lowest BCUT2D eigenvalue weighted by Gasteiger charge is -2.41. The summed E-state index contributed by atoms with van der Waals surface area (Å²) in [5.41, 5.74) is 0. The summed E-state index contributed by atoms with van der Waals surface area (Å²) in [7, 11) is 0. The van der Waals surface area contributed by atoms with Gasteiger partial charge in [-0.3, -0.25) is 19.2 Å². The third-order valence-electron chi connectivity index (χ3n) is 3.28. The Morgan fingerprint density at radius 1 is 0.958 bits per heavy atom. The number of ether oxygens (including phenoxy) is 4. The summed E-state index contributed by atoms with van der Waals surface area (Å²) in [6.07, 6.45) is -2.20. The van der Waals surface area contributed by atoms with E-state index in [4.69, 9.17) is 18.9 Å². The first-order chi connectivity index (χ1) is 11.2. The summed E-state index contributed by atoms with van der Waals surface area (Å²) in [5, 5.41) is 2.62. The van der Waals surface area contributed by atoms with Crippen LogP contribution < -0.4 is 5.32 Å². The van der Waals surface area contributed by atoms with Gasteiger partial charge >= 0.3 is 17.9 Å². The van der Waals surface area contributed by atoms with E-state index in [1.165, 1.54) is 27.7 Å². The normalized spacial score (nSPS) is 26.2. The Hall–Kier alpha value is -2.16. The monoisotopic (exact) mass is 345 g/mol. The molecule has 0 bridgehead atoms. The fourth-order valence-corrected chi connectivity index (χ4v) is 2.48. The van der Waals surface area contributed by atoms with E-state index in [0.29, 0.717) is 0 Å². The minimum atomic E-state index is -0.924. The van der Waals surface area contributed by atoms with Crippen molar-refractivity contribution in [1.82, 2.24) is 5.32 Å². The zero-order valence-electron chi connectivity index (χ0n) is 14.2. The number of carbonyl (C=O) groups excluding carboxylic acids is 4. The molecule has 1 N–H and O–H groups in total. The van der Waals surface area contributed by atoms with E-state index >= 15 is 0 Å². The Balaban J connectivity index is 2.92. The van der Waals surface area contributed by atoms with E-state index in [1.54, 1.807) is 0 Å². The Morgan fingerprint density at radius 3 is 2.04 bits per heavy atom. The fraction of sp³-hybridized carbons (Fsp3) is 0.733. The van der Waals surface area contributed by atoms with Crippen LogP contribution in [0.5, 0.6) is 0 Å². The predicted molar refractivity (Wildman–Crippen MR) is 79.7 cm³/mol. The molecular formula is C15H23NO8. The molecule has 1 rings (SSSR count). The highest BCUT2D eigenvalue weighted by Crippen LogP contribution is 2.24. The molecule has 1 fully saturated rings. The minimum absolute atomic E-state index is 0.0648. The third kappa shape index (κ3) is 6.53. The van der Waals surface area contributed by atoms with Gasteiger partial charge in [-0.15, -0.1) is 0 Å². The highest BCUT2D eigenvalue weighted by molar-refractivity contribution is 5.73. The molecule has 9 heteroatoms. The van der Waals surface area contributed by atoms with Gasteiger partial charge in [0.05, 0.1) is 19.3 Å². The molecule has 0 unspecified atom stereocenters. The van der Waals surface area contributed by atoms with Crippen LogP contribution in [0.2, 0.25) is 0 Å². The van der Waals surface area contributed by atoms with Crippen molar-refractivity contribution in [2.75, 3.05) is 13.2 Å². The topological polar surface area (TPSA) is 117 Å². The van der Waals surface area contributed by atoms with Gasteiger partial charge in [0.25, 0.3) is 0 Å². The second-order valence-corrected chi connectivity index (χ2v) is 5.46. The van der Waals surface area contributed by atoms with Crippen LogP contribution >= 0.6 is 0 Å². The Morgan fingerprint density at radius 2 is 1.54 bits per heavy atom. The van der Waals surface area contributed by atoms with Crippen molar-refractivity contribution < 1.29 is 38.1 Å². The minimum Gasteiger partial charge on any atom is -0.466 e. The van der Waals surface area contributed by atoms with Crippen LogP contribution in [0.3, 0.4) is 0 Å². The Labute approximate surface area is 139 Å². The van der Waals surface area contributed by atoms with Gasteiger partial charge in [-0.05, 0) is 0 Å². The van der Waals surface area contributed by atoms with Crippen LogP contribution in [0.15, 0.2) is 0 Å². The standard InChI is InChI=1S/C15H23NO8/c1-8(17)16-12-7-22-13(5-6-21-9(2)18)15(24-11(4)20)14(12)23-10(3)19/h12-15H,5-7H2,1-4H3,(H,16,17)/t12-,13+,14+,15-/m0/s1. The van der Waals surface area contributed by atoms with E-state index in [1.807, 2.05) is 0 Å². The lowest BCUT2D eigenvalue weighted by atomic mass is 9.95. The maximum Gasteiger partial charge on any atom is 0.303 e. The zero-order valence-corrected chi connectivity index (χ0v) is 14.2. The summed E-state index contributed by atoms with van der Waals surface area (Å²) in [6.45, 7) is 5.17. The zero-order chi connectivity index (χ0) is 18.3. The first kappa shape index (κ1) is 19.9. The predicted octanol–water partition coefficient (Wildman–Crippen LogP) is -0.293. The lowest BCUT2D eigenvalue weighted by molar-refractivity contribution is -0.202.